The lowest BCUT2D eigenvalue weighted by Gasteiger charge is -2.15. The van der Waals surface area contributed by atoms with E-state index < -0.39 is 0 Å². The molecule has 0 heterocycles. The number of rotatable bonds is 8. The van der Waals surface area contributed by atoms with Gasteiger partial charge in [0.2, 0.25) is 0 Å². The summed E-state index contributed by atoms with van der Waals surface area (Å²) in [6.07, 6.45) is 10.5. The Morgan fingerprint density at radius 2 is 1.86 bits per heavy atom. The zero-order chi connectivity index (χ0) is 9.80. The van der Waals surface area contributed by atoms with Crippen LogP contribution in [-0.2, 0) is 0 Å². The van der Waals surface area contributed by atoms with Crippen LogP contribution in [0, 0.1) is 17.8 Å². The SMILES string of the molecule is C=CCCCNCC(C1CC1)C1CC1. The monoisotopic (exact) mass is 193 g/mol. The number of hydrogen-bond acceptors (Lipinski definition) is 1. The molecule has 0 unspecified atom stereocenters. The van der Waals surface area contributed by atoms with Crippen molar-refractivity contribution in [3.05, 3.63) is 12.7 Å². The van der Waals surface area contributed by atoms with Crippen LogP contribution >= 0.6 is 0 Å². The Hall–Kier alpha value is -0.300. The van der Waals surface area contributed by atoms with Gasteiger partial charge in [0.25, 0.3) is 0 Å². The first-order valence-corrected chi connectivity index (χ1v) is 6.23. The van der Waals surface area contributed by atoms with Crippen LogP contribution in [0.25, 0.3) is 0 Å². The lowest BCUT2D eigenvalue weighted by atomic mass is 9.98. The zero-order valence-corrected chi connectivity index (χ0v) is 9.17. The summed E-state index contributed by atoms with van der Waals surface area (Å²) in [5.74, 6) is 3.21. The van der Waals surface area contributed by atoms with Gasteiger partial charge in [-0.1, -0.05) is 6.08 Å². The third-order valence-corrected chi connectivity index (χ3v) is 3.60. The second-order valence-corrected chi connectivity index (χ2v) is 4.97. The van der Waals surface area contributed by atoms with Crippen LogP contribution in [0.2, 0.25) is 0 Å². The molecule has 0 amide bonds. The third-order valence-electron chi connectivity index (χ3n) is 3.60. The van der Waals surface area contributed by atoms with Crippen molar-refractivity contribution in [2.24, 2.45) is 17.8 Å². The summed E-state index contributed by atoms with van der Waals surface area (Å²) in [4.78, 5) is 0. The van der Waals surface area contributed by atoms with Gasteiger partial charge in [0, 0.05) is 0 Å². The van der Waals surface area contributed by atoms with Crippen molar-refractivity contribution in [3.63, 3.8) is 0 Å². The highest BCUT2D eigenvalue weighted by Gasteiger charge is 2.40. The molecular weight excluding hydrogens is 170 g/mol. The second-order valence-electron chi connectivity index (χ2n) is 4.97. The summed E-state index contributed by atoms with van der Waals surface area (Å²) in [5.41, 5.74) is 0. The molecule has 1 N–H and O–H groups in total. The van der Waals surface area contributed by atoms with Crippen molar-refractivity contribution in [3.8, 4) is 0 Å². The zero-order valence-electron chi connectivity index (χ0n) is 9.17. The van der Waals surface area contributed by atoms with Crippen molar-refractivity contribution in [1.29, 1.82) is 0 Å². The van der Waals surface area contributed by atoms with E-state index in [4.69, 9.17) is 0 Å². The minimum Gasteiger partial charge on any atom is -0.316 e. The van der Waals surface area contributed by atoms with E-state index >= 15 is 0 Å². The normalized spacial score (nSPS) is 21.5. The van der Waals surface area contributed by atoms with E-state index in [0.717, 1.165) is 24.2 Å². The number of hydrogen-bond donors (Lipinski definition) is 1. The van der Waals surface area contributed by atoms with Crippen LogP contribution in [0.4, 0.5) is 0 Å². The number of allylic oxidation sites excluding steroid dienone is 1. The van der Waals surface area contributed by atoms with Crippen LogP contribution in [0.5, 0.6) is 0 Å². The maximum atomic E-state index is 3.74. The van der Waals surface area contributed by atoms with Crippen LogP contribution in [0.1, 0.15) is 38.5 Å². The molecule has 2 fully saturated rings. The lowest BCUT2D eigenvalue weighted by Crippen LogP contribution is -2.26. The topological polar surface area (TPSA) is 12.0 Å². The standard InChI is InChI=1S/C13H23N/c1-2-3-4-9-14-10-13(11-5-6-11)12-7-8-12/h2,11-14H,1,3-10H2. The largest absolute Gasteiger partial charge is 0.316 e. The minimum atomic E-state index is 1.03. The molecule has 0 saturated heterocycles. The van der Waals surface area contributed by atoms with Crippen molar-refractivity contribution in [2.45, 2.75) is 38.5 Å². The fraction of sp³-hybridized carbons (Fsp3) is 0.846. The molecule has 1 heteroatoms. The average molecular weight is 193 g/mol. The maximum Gasteiger partial charge on any atom is -0.00152 e. The van der Waals surface area contributed by atoms with E-state index in [-0.39, 0.29) is 0 Å². The summed E-state index contributed by atoms with van der Waals surface area (Å²) in [6.45, 7) is 6.21. The highest BCUT2D eigenvalue weighted by atomic mass is 14.9. The van der Waals surface area contributed by atoms with Crippen LogP contribution in [0.15, 0.2) is 12.7 Å². The Kier molecular flexibility index (Phi) is 3.63. The maximum absolute atomic E-state index is 3.74. The Morgan fingerprint density at radius 1 is 1.21 bits per heavy atom. The summed E-state index contributed by atoms with van der Waals surface area (Å²) in [6, 6.07) is 0. The van der Waals surface area contributed by atoms with E-state index in [0.29, 0.717) is 0 Å². The molecule has 0 aliphatic heterocycles. The highest BCUT2D eigenvalue weighted by Crippen LogP contribution is 2.48. The van der Waals surface area contributed by atoms with Crippen LogP contribution < -0.4 is 5.32 Å². The Morgan fingerprint density at radius 3 is 2.36 bits per heavy atom. The first-order chi connectivity index (χ1) is 6.92. The molecule has 14 heavy (non-hydrogen) atoms. The van der Waals surface area contributed by atoms with Gasteiger partial charge < -0.3 is 5.32 Å². The van der Waals surface area contributed by atoms with Crippen molar-refractivity contribution in [2.75, 3.05) is 13.1 Å². The highest BCUT2D eigenvalue weighted by molar-refractivity contribution is 4.92. The smallest absolute Gasteiger partial charge is 0.00152 e. The molecule has 0 aromatic rings. The van der Waals surface area contributed by atoms with E-state index in [9.17, 15) is 0 Å². The van der Waals surface area contributed by atoms with Gasteiger partial charge in [-0.3, -0.25) is 0 Å². The predicted molar refractivity (Wildman–Crippen MR) is 61.2 cm³/mol. The van der Waals surface area contributed by atoms with E-state index in [1.807, 2.05) is 6.08 Å². The van der Waals surface area contributed by atoms with Gasteiger partial charge in [0.15, 0.2) is 0 Å². The fourth-order valence-electron chi connectivity index (χ4n) is 2.41. The molecule has 1 nitrogen and oxygen atoms in total. The molecule has 0 aromatic heterocycles. The van der Waals surface area contributed by atoms with E-state index in [1.165, 1.54) is 45.2 Å². The van der Waals surface area contributed by atoms with Gasteiger partial charge in [-0.2, -0.15) is 0 Å². The first-order valence-electron chi connectivity index (χ1n) is 6.23. The summed E-state index contributed by atoms with van der Waals surface area (Å²) < 4.78 is 0. The third kappa shape index (κ3) is 3.13. The fourth-order valence-corrected chi connectivity index (χ4v) is 2.41. The van der Waals surface area contributed by atoms with Gasteiger partial charge in [-0.15, -0.1) is 6.58 Å². The van der Waals surface area contributed by atoms with E-state index in [1.54, 1.807) is 0 Å². The quantitative estimate of drug-likeness (QED) is 0.461. The Balaban J connectivity index is 1.55. The molecule has 2 aliphatic carbocycles. The molecule has 0 spiro atoms. The number of nitrogens with one attached hydrogen (secondary N) is 1. The summed E-state index contributed by atoms with van der Waals surface area (Å²) in [5, 5.41) is 3.62. The van der Waals surface area contributed by atoms with Crippen molar-refractivity contribution < 1.29 is 0 Å². The molecule has 2 saturated carbocycles. The van der Waals surface area contributed by atoms with Gasteiger partial charge in [-0.25, -0.2) is 0 Å². The molecule has 2 aliphatic rings. The predicted octanol–water partition coefficient (Wildman–Crippen LogP) is 2.98. The number of unbranched alkanes of at least 4 members (excludes halogenated alkanes) is 1. The Bertz CT molecular complexity index is 168. The van der Waals surface area contributed by atoms with Crippen molar-refractivity contribution in [1.82, 2.24) is 5.32 Å². The van der Waals surface area contributed by atoms with E-state index in [2.05, 4.69) is 11.9 Å². The molecular formula is C13H23N. The summed E-state index contributed by atoms with van der Waals surface area (Å²) in [7, 11) is 0. The first kappa shape index (κ1) is 10.2. The minimum absolute atomic E-state index is 1.03. The molecule has 0 bridgehead atoms. The molecule has 0 radical (unpaired) electrons. The second kappa shape index (κ2) is 4.97. The van der Waals surface area contributed by atoms with Gasteiger partial charge in [0.1, 0.15) is 0 Å². The Labute approximate surface area is 88.0 Å². The van der Waals surface area contributed by atoms with Crippen LogP contribution in [0.3, 0.4) is 0 Å². The molecule has 0 atom stereocenters. The molecule has 0 aromatic carbocycles. The van der Waals surface area contributed by atoms with Gasteiger partial charge in [0.05, 0.1) is 0 Å². The average Bonchev–Trinajstić information content (AvgIpc) is 3.03. The molecule has 80 valence electrons. The summed E-state index contributed by atoms with van der Waals surface area (Å²) >= 11 is 0. The van der Waals surface area contributed by atoms with Gasteiger partial charge in [-0.05, 0) is 69.4 Å². The van der Waals surface area contributed by atoms with Crippen LogP contribution in [-0.4, -0.2) is 13.1 Å². The van der Waals surface area contributed by atoms with Crippen molar-refractivity contribution >= 4 is 0 Å². The lowest BCUT2D eigenvalue weighted by molar-refractivity contribution is 0.379. The molecule has 2 rings (SSSR count). The van der Waals surface area contributed by atoms with Gasteiger partial charge >= 0.3 is 0 Å².